The highest BCUT2D eigenvalue weighted by Crippen LogP contribution is 2.32. The summed E-state index contributed by atoms with van der Waals surface area (Å²) in [7, 11) is 0. The second-order valence-corrected chi connectivity index (χ2v) is 6.96. The van der Waals surface area contributed by atoms with E-state index in [-0.39, 0.29) is 17.1 Å². The van der Waals surface area contributed by atoms with Gasteiger partial charge in [0.15, 0.2) is 0 Å². The van der Waals surface area contributed by atoms with Gasteiger partial charge in [-0.2, -0.15) is 0 Å². The Kier molecular flexibility index (Phi) is 4.35. The van der Waals surface area contributed by atoms with Gasteiger partial charge < -0.3 is 4.74 Å². The quantitative estimate of drug-likeness (QED) is 0.492. The predicted octanol–water partition coefficient (Wildman–Crippen LogP) is 3.48. The average Bonchev–Trinajstić information content (AvgIpc) is 2.69. The van der Waals surface area contributed by atoms with Crippen molar-refractivity contribution < 1.29 is 19.1 Å². The summed E-state index contributed by atoms with van der Waals surface area (Å²) in [5.41, 5.74) is 0.739. The fourth-order valence-electron chi connectivity index (χ4n) is 2.10. The van der Waals surface area contributed by atoms with Crippen LogP contribution in [0.5, 0.6) is 5.75 Å². The zero-order chi connectivity index (χ0) is 15.7. The predicted molar refractivity (Wildman–Crippen MR) is 86.2 cm³/mol. The standard InChI is InChI=1S/C15H12BrNO4S/c16-10-6-8(7-12-13(18)17-15(20)22-12)4-5-11(10)21-14(19)9-2-1-3-9/h4-7,9H,1-3H2,(H,17,18,20). The fourth-order valence-corrected chi connectivity index (χ4v) is 3.26. The van der Waals surface area contributed by atoms with Crippen molar-refractivity contribution in [3.8, 4) is 5.75 Å². The SMILES string of the molecule is O=C1NC(=O)C(=Cc2ccc(OC(=O)C3CCC3)c(Br)c2)S1. The Labute approximate surface area is 139 Å². The second kappa shape index (κ2) is 6.26. The van der Waals surface area contributed by atoms with Gasteiger partial charge >= 0.3 is 5.97 Å². The van der Waals surface area contributed by atoms with E-state index in [1.807, 2.05) is 0 Å². The van der Waals surface area contributed by atoms with Gasteiger partial charge in [-0.25, -0.2) is 0 Å². The molecule has 3 rings (SSSR count). The van der Waals surface area contributed by atoms with E-state index in [9.17, 15) is 14.4 Å². The van der Waals surface area contributed by atoms with Crippen LogP contribution in [-0.2, 0) is 9.59 Å². The number of rotatable bonds is 3. The first-order chi connectivity index (χ1) is 10.5. The molecule has 7 heteroatoms. The van der Waals surface area contributed by atoms with Gasteiger partial charge in [-0.1, -0.05) is 12.5 Å². The minimum atomic E-state index is -0.397. The van der Waals surface area contributed by atoms with Crippen LogP contribution in [-0.4, -0.2) is 17.1 Å². The van der Waals surface area contributed by atoms with Crippen molar-refractivity contribution in [3.05, 3.63) is 33.1 Å². The number of hydrogen-bond donors (Lipinski definition) is 1. The van der Waals surface area contributed by atoms with Crippen LogP contribution in [0.1, 0.15) is 24.8 Å². The maximum Gasteiger partial charge on any atom is 0.314 e. The number of nitrogens with one attached hydrogen (secondary N) is 1. The molecule has 0 atom stereocenters. The lowest BCUT2D eigenvalue weighted by atomic mass is 9.86. The van der Waals surface area contributed by atoms with E-state index in [2.05, 4.69) is 21.2 Å². The zero-order valence-electron chi connectivity index (χ0n) is 11.4. The molecule has 0 radical (unpaired) electrons. The lowest BCUT2D eigenvalue weighted by Crippen LogP contribution is -2.26. The number of amides is 2. The first-order valence-electron chi connectivity index (χ1n) is 6.79. The summed E-state index contributed by atoms with van der Waals surface area (Å²) < 4.78 is 6.00. The Morgan fingerprint density at radius 3 is 2.68 bits per heavy atom. The van der Waals surface area contributed by atoms with Crippen LogP contribution in [0, 0.1) is 5.92 Å². The monoisotopic (exact) mass is 381 g/mol. The summed E-state index contributed by atoms with van der Waals surface area (Å²) in [5.74, 6) is -0.127. The van der Waals surface area contributed by atoms with Crippen molar-refractivity contribution in [1.29, 1.82) is 0 Å². The van der Waals surface area contributed by atoms with Crippen LogP contribution in [0.2, 0.25) is 0 Å². The number of thioether (sulfide) groups is 1. The highest BCUT2D eigenvalue weighted by molar-refractivity contribution is 9.10. The Balaban J connectivity index is 1.74. The van der Waals surface area contributed by atoms with E-state index in [0.29, 0.717) is 15.1 Å². The van der Waals surface area contributed by atoms with E-state index in [1.54, 1.807) is 24.3 Å². The molecule has 1 saturated heterocycles. The molecule has 1 aliphatic carbocycles. The molecule has 1 saturated carbocycles. The topological polar surface area (TPSA) is 72.5 Å². The molecule has 1 aromatic rings. The number of imide groups is 1. The molecule has 22 heavy (non-hydrogen) atoms. The summed E-state index contributed by atoms with van der Waals surface area (Å²) in [6.07, 6.45) is 4.47. The summed E-state index contributed by atoms with van der Waals surface area (Å²) in [6, 6.07) is 5.15. The van der Waals surface area contributed by atoms with Crippen molar-refractivity contribution in [2.75, 3.05) is 0 Å². The van der Waals surface area contributed by atoms with E-state index < -0.39 is 5.91 Å². The van der Waals surface area contributed by atoms with Gasteiger partial charge in [0, 0.05) is 0 Å². The first-order valence-corrected chi connectivity index (χ1v) is 8.40. The highest BCUT2D eigenvalue weighted by Gasteiger charge is 2.28. The van der Waals surface area contributed by atoms with Crippen LogP contribution in [0.15, 0.2) is 27.6 Å². The van der Waals surface area contributed by atoms with Gasteiger partial charge in [-0.3, -0.25) is 19.7 Å². The molecule has 2 amide bonds. The number of ether oxygens (including phenoxy) is 1. The summed E-state index contributed by atoms with van der Waals surface area (Å²) in [6.45, 7) is 0. The molecule has 1 aromatic carbocycles. The number of halogens is 1. The molecule has 1 aliphatic heterocycles. The van der Waals surface area contributed by atoms with Crippen LogP contribution in [0.4, 0.5) is 4.79 Å². The molecule has 0 aromatic heterocycles. The molecule has 1 N–H and O–H groups in total. The molecule has 0 bridgehead atoms. The number of carbonyl (C=O) groups is 3. The van der Waals surface area contributed by atoms with Crippen molar-refractivity contribution in [1.82, 2.24) is 5.32 Å². The van der Waals surface area contributed by atoms with Crippen LogP contribution in [0.3, 0.4) is 0 Å². The Morgan fingerprint density at radius 2 is 2.14 bits per heavy atom. The van der Waals surface area contributed by atoms with E-state index in [1.165, 1.54) is 0 Å². The first kappa shape index (κ1) is 15.3. The average molecular weight is 382 g/mol. The number of hydrogen-bond acceptors (Lipinski definition) is 5. The van der Waals surface area contributed by atoms with Crippen LogP contribution >= 0.6 is 27.7 Å². The Morgan fingerprint density at radius 1 is 1.36 bits per heavy atom. The third kappa shape index (κ3) is 3.25. The molecule has 114 valence electrons. The summed E-state index contributed by atoms with van der Waals surface area (Å²) in [4.78, 5) is 34.8. The van der Waals surface area contributed by atoms with Crippen LogP contribution < -0.4 is 10.1 Å². The minimum Gasteiger partial charge on any atom is -0.425 e. The molecular formula is C15H12BrNO4S. The van der Waals surface area contributed by atoms with Crippen molar-refractivity contribution in [2.24, 2.45) is 5.92 Å². The number of benzene rings is 1. The molecule has 2 aliphatic rings. The third-order valence-corrected chi connectivity index (χ3v) is 4.98. The molecule has 2 fully saturated rings. The van der Waals surface area contributed by atoms with Gasteiger partial charge in [-0.05, 0) is 64.3 Å². The Hall–Kier alpha value is -1.60. The molecule has 5 nitrogen and oxygen atoms in total. The highest BCUT2D eigenvalue weighted by atomic mass is 79.9. The van der Waals surface area contributed by atoms with Crippen molar-refractivity contribution >= 4 is 50.9 Å². The van der Waals surface area contributed by atoms with E-state index >= 15 is 0 Å². The number of carbonyl (C=O) groups excluding carboxylic acids is 3. The smallest absolute Gasteiger partial charge is 0.314 e. The van der Waals surface area contributed by atoms with E-state index in [0.717, 1.165) is 36.6 Å². The lowest BCUT2D eigenvalue weighted by Gasteiger charge is -2.23. The van der Waals surface area contributed by atoms with Crippen molar-refractivity contribution in [3.63, 3.8) is 0 Å². The molecule has 0 unspecified atom stereocenters. The maximum atomic E-state index is 11.8. The lowest BCUT2D eigenvalue weighted by molar-refractivity contribution is -0.141. The fraction of sp³-hybridized carbons (Fsp3) is 0.267. The van der Waals surface area contributed by atoms with E-state index in [4.69, 9.17) is 4.74 Å². The Bertz CT molecular complexity index is 697. The van der Waals surface area contributed by atoms with Gasteiger partial charge in [-0.15, -0.1) is 0 Å². The third-order valence-electron chi connectivity index (χ3n) is 3.54. The second-order valence-electron chi connectivity index (χ2n) is 5.09. The van der Waals surface area contributed by atoms with Gasteiger partial charge in [0.05, 0.1) is 15.3 Å². The normalized spacial score (nSPS) is 20.0. The molecule has 0 spiro atoms. The minimum absolute atomic E-state index is 0.0123. The van der Waals surface area contributed by atoms with Gasteiger partial charge in [0.25, 0.3) is 11.1 Å². The van der Waals surface area contributed by atoms with Gasteiger partial charge in [0.2, 0.25) is 0 Å². The number of esters is 1. The summed E-state index contributed by atoms with van der Waals surface area (Å²) >= 11 is 4.22. The molecule has 1 heterocycles. The van der Waals surface area contributed by atoms with Gasteiger partial charge in [0.1, 0.15) is 5.75 Å². The molecular weight excluding hydrogens is 370 g/mol. The summed E-state index contributed by atoms with van der Waals surface area (Å²) in [5, 5.41) is 1.83. The van der Waals surface area contributed by atoms with Crippen LogP contribution in [0.25, 0.3) is 6.08 Å². The maximum absolute atomic E-state index is 11.8. The zero-order valence-corrected chi connectivity index (χ0v) is 13.8. The largest absolute Gasteiger partial charge is 0.425 e. The van der Waals surface area contributed by atoms with Crippen molar-refractivity contribution in [2.45, 2.75) is 19.3 Å².